The summed E-state index contributed by atoms with van der Waals surface area (Å²) in [6, 6.07) is 9.38. The summed E-state index contributed by atoms with van der Waals surface area (Å²) in [5.41, 5.74) is 1.20. The van der Waals surface area contributed by atoms with Gasteiger partial charge in [-0.25, -0.2) is 4.98 Å². The smallest absolute Gasteiger partial charge is 0.232 e. The zero-order chi connectivity index (χ0) is 12.3. The minimum atomic E-state index is 0.371. The van der Waals surface area contributed by atoms with Crippen LogP contribution in [0.2, 0.25) is 0 Å². The Hall–Kier alpha value is -2.28. The van der Waals surface area contributed by atoms with Crippen molar-refractivity contribution in [1.82, 2.24) is 4.98 Å². The average Bonchev–Trinajstić information content (AvgIpc) is 2.37. The van der Waals surface area contributed by atoms with E-state index in [0.717, 1.165) is 16.7 Å². The van der Waals surface area contributed by atoms with Gasteiger partial charge in [-0.15, -0.1) is 0 Å². The van der Waals surface area contributed by atoms with E-state index in [1.807, 2.05) is 25.1 Å². The molecule has 1 heterocycles. The lowest BCUT2D eigenvalue weighted by Crippen LogP contribution is -1.98. The molecule has 0 aliphatic carbocycles. The van der Waals surface area contributed by atoms with Crippen LogP contribution in [0.4, 0.5) is 0 Å². The highest BCUT2D eigenvalue weighted by molar-refractivity contribution is 5.82. The topological polar surface area (TPSA) is 55.1 Å². The van der Waals surface area contributed by atoms with Crippen molar-refractivity contribution in [2.75, 3.05) is 13.7 Å². The fraction of sp³-hybridized carbons (Fsp3) is 0.231. The van der Waals surface area contributed by atoms with E-state index in [0.29, 0.717) is 18.1 Å². The summed E-state index contributed by atoms with van der Waals surface area (Å²) in [5.74, 6) is 1.10. The molecular weight excluding hydrogens is 216 g/mol. The van der Waals surface area contributed by atoms with Crippen LogP contribution >= 0.6 is 0 Å². The third-order valence-electron chi connectivity index (χ3n) is 2.39. The highest BCUT2D eigenvalue weighted by Gasteiger charge is 2.08. The Morgan fingerprint density at radius 1 is 1.35 bits per heavy atom. The van der Waals surface area contributed by atoms with Gasteiger partial charge in [-0.3, -0.25) is 0 Å². The first-order valence-corrected chi connectivity index (χ1v) is 5.30. The number of methoxy groups -OCH3 is 1. The Kier molecular flexibility index (Phi) is 3.10. The van der Waals surface area contributed by atoms with Gasteiger partial charge in [0, 0.05) is 11.5 Å². The number of aromatic nitrogens is 1. The maximum absolute atomic E-state index is 9.01. The number of hydrogen-bond acceptors (Lipinski definition) is 4. The summed E-state index contributed by atoms with van der Waals surface area (Å²) >= 11 is 0. The molecule has 1 aromatic carbocycles. The molecule has 2 aromatic rings. The molecule has 0 unspecified atom stereocenters. The van der Waals surface area contributed by atoms with E-state index in [4.69, 9.17) is 14.7 Å². The maximum atomic E-state index is 9.01. The Balaban J connectivity index is 2.62. The van der Waals surface area contributed by atoms with Crippen molar-refractivity contribution in [3.8, 4) is 17.7 Å². The number of benzene rings is 1. The minimum absolute atomic E-state index is 0.371. The van der Waals surface area contributed by atoms with Gasteiger partial charge in [0.25, 0.3) is 0 Å². The van der Waals surface area contributed by atoms with Crippen LogP contribution in [0, 0.1) is 11.3 Å². The molecule has 0 amide bonds. The second-order valence-corrected chi connectivity index (χ2v) is 3.44. The van der Waals surface area contributed by atoms with Crippen molar-refractivity contribution in [2.45, 2.75) is 6.92 Å². The molecule has 4 heteroatoms. The van der Waals surface area contributed by atoms with Gasteiger partial charge >= 0.3 is 0 Å². The van der Waals surface area contributed by atoms with Gasteiger partial charge in [0.05, 0.1) is 19.2 Å². The van der Waals surface area contributed by atoms with Crippen LogP contribution in [-0.2, 0) is 0 Å². The van der Waals surface area contributed by atoms with Crippen molar-refractivity contribution in [1.29, 1.82) is 5.26 Å². The fourth-order valence-corrected chi connectivity index (χ4v) is 1.58. The standard InChI is InChI=1S/C13H12N2O2/c1-3-17-13-10(8-14)6-9-4-5-11(16-2)7-12(9)15-13/h4-7H,3H2,1-2H3. The molecule has 0 aliphatic heterocycles. The van der Waals surface area contributed by atoms with E-state index >= 15 is 0 Å². The molecule has 0 fully saturated rings. The molecule has 0 radical (unpaired) electrons. The normalized spacial score (nSPS) is 9.94. The molecule has 86 valence electrons. The van der Waals surface area contributed by atoms with Gasteiger partial charge in [0.2, 0.25) is 5.88 Å². The fourth-order valence-electron chi connectivity index (χ4n) is 1.58. The predicted molar refractivity (Wildman–Crippen MR) is 64.2 cm³/mol. The van der Waals surface area contributed by atoms with Crippen LogP contribution in [0.5, 0.6) is 11.6 Å². The number of ether oxygens (including phenoxy) is 2. The molecule has 0 aliphatic rings. The maximum Gasteiger partial charge on any atom is 0.232 e. The molecule has 17 heavy (non-hydrogen) atoms. The summed E-state index contributed by atoms with van der Waals surface area (Å²) in [6.45, 7) is 2.34. The number of fused-ring (bicyclic) bond motifs is 1. The van der Waals surface area contributed by atoms with Crippen molar-refractivity contribution in [3.05, 3.63) is 29.8 Å². The lowest BCUT2D eigenvalue weighted by Gasteiger charge is -2.07. The van der Waals surface area contributed by atoms with Crippen LogP contribution in [0.25, 0.3) is 10.9 Å². The van der Waals surface area contributed by atoms with E-state index in [9.17, 15) is 0 Å². The number of pyridine rings is 1. The summed E-state index contributed by atoms with van der Waals surface area (Å²) in [5, 5.41) is 9.90. The largest absolute Gasteiger partial charge is 0.497 e. The van der Waals surface area contributed by atoms with Gasteiger partial charge in [0.1, 0.15) is 17.4 Å². The Morgan fingerprint density at radius 2 is 2.18 bits per heavy atom. The van der Waals surface area contributed by atoms with Gasteiger partial charge in [-0.1, -0.05) is 0 Å². The number of rotatable bonds is 3. The van der Waals surface area contributed by atoms with Crippen LogP contribution in [0.3, 0.4) is 0 Å². The third kappa shape index (κ3) is 2.13. The van der Waals surface area contributed by atoms with Crippen molar-refractivity contribution in [2.24, 2.45) is 0 Å². The van der Waals surface area contributed by atoms with E-state index in [1.54, 1.807) is 13.2 Å². The van der Waals surface area contributed by atoms with Crippen molar-refractivity contribution >= 4 is 10.9 Å². The van der Waals surface area contributed by atoms with Crippen LogP contribution in [0.15, 0.2) is 24.3 Å². The minimum Gasteiger partial charge on any atom is -0.497 e. The second kappa shape index (κ2) is 4.71. The van der Waals surface area contributed by atoms with E-state index in [-0.39, 0.29) is 0 Å². The first-order valence-electron chi connectivity index (χ1n) is 5.30. The lowest BCUT2D eigenvalue weighted by molar-refractivity contribution is 0.327. The van der Waals surface area contributed by atoms with Crippen molar-refractivity contribution < 1.29 is 9.47 Å². The Morgan fingerprint density at radius 3 is 2.82 bits per heavy atom. The molecule has 4 nitrogen and oxygen atoms in total. The molecule has 0 N–H and O–H groups in total. The lowest BCUT2D eigenvalue weighted by atomic mass is 10.1. The van der Waals surface area contributed by atoms with Crippen LogP contribution in [0.1, 0.15) is 12.5 Å². The number of nitriles is 1. The number of hydrogen-bond donors (Lipinski definition) is 0. The zero-order valence-corrected chi connectivity index (χ0v) is 9.73. The summed E-state index contributed by atoms with van der Waals surface area (Å²) in [7, 11) is 1.61. The Bertz CT molecular complexity index is 588. The molecule has 0 bridgehead atoms. The van der Waals surface area contributed by atoms with Crippen LogP contribution < -0.4 is 9.47 Å². The highest BCUT2D eigenvalue weighted by atomic mass is 16.5. The summed E-state index contributed by atoms with van der Waals surface area (Å²) < 4.78 is 10.5. The molecule has 1 aromatic heterocycles. The first kappa shape index (κ1) is 11.2. The molecule has 2 rings (SSSR count). The van der Waals surface area contributed by atoms with Gasteiger partial charge in [-0.05, 0) is 25.1 Å². The van der Waals surface area contributed by atoms with E-state index in [1.165, 1.54) is 0 Å². The second-order valence-electron chi connectivity index (χ2n) is 3.44. The average molecular weight is 228 g/mol. The van der Waals surface area contributed by atoms with Gasteiger partial charge in [-0.2, -0.15) is 5.26 Å². The van der Waals surface area contributed by atoms with Gasteiger partial charge in [0.15, 0.2) is 0 Å². The third-order valence-corrected chi connectivity index (χ3v) is 2.39. The SMILES string of the molecule is CCOc1nc2cc(OC)ccc2cc1C#N. The van der Waals surface area contributed by atoms with E-state index < -0.39 is 0 Å². The molecule has 0 saturated carbocycles. The zero-order valence-electron chi connectivity index (χ0n) is 9.73. The monoisotopic (exact) mass is 228 g/mol. The molecular formula is C13H12N2O2. The van der Waals surface area contributed by atoms with Crippen molar-refractivity contribution in [3.63, 3.8) is 0 Å². The Labute approximate surface area is 99.4 Å². The quantitative estimate of drug-likeness (QED) is 0.810. The summed E-state index contributed by atoms with van der Waals surface area (Å²) in [6.07, 6.45) is 0. The molecule has 0 spiro atoms. The first-order chi connectivity index (χ1) is 8.28. The highest BCUT2D eigenvalue weighted by Crippen LogP contribution is 2.24. The molecule has 0 saturated heterocycles. The molecule has 0 atom stereocenters. The van der Waals surface area contributed by atoms with Gasteiger partial charge < -0.3 is 9.47 Å². The number of nitrogens with zero attached hydrogens (tertiary/aromatic N) is 2. The van der Waals surface area contributed by atoms with E-state index in [2.05, 4.69) is 11.1 Å². The predicted octanol–water partition coefficient (Wildman–Crippen LogP) is 2.51. The van der Waals surface area contributed by atoms with Crippen LogP contribution in [-0.4, -0.2) is 18.7 Å². The summed E-state index contributed by atoms with van der Waals surface area (Å²) in [4.78, 5) is 4.32.